The van der Waals surface area contributed by atoms with E-state index < -0.39 is 5.41 Å². The molecule has 1 aromatic heterocycles. The summed E-state index contributed by atoms with van der Waals surface area (Å²) < 4.78 is 2.53. The van der Waals surface area contributed by atoms with Crippen molar-refractivity contribution in [2.24, 2.45) is 11.8 Å². The molecule has 2 nitrogen and oxygen atoms in total. The van der Waals surface area contributed by atoms with Gasteiger partial charge >= 0.3 is 0 Å². The van der Waals surface area contributed by atoms with Gasteiger partial charge in [0.05, 0.1) is 21.9 Å². The smallest absolute Gasteiger partial charge is 0.0558 e. The first kappa shape index (κ1) is 47.1. The highest BCUT2D eigenvalue weighted by atomic mass is 15.1. The molecule has 0 amide bonds. The molecule has 0 N–H and O–H groups in total. The first-order valence-electron chi connectivity index (χ1n) is 29.4. The van der Waals surface area contributed by atoms with E-state index in [2.05, 4.69) is 301 Å². The van der Waals surface area contributed by atoms with Crippen LogP contribution >= 0.6 is 0 Å². The van der Waals surface area contributed by atoms with Crippen LogP contribution in [-0.4, -0.2) is 4.57 Å². The Morgan fingerprint density at radius 3 is 1.63 bits per heavy atom. The molecule has 2 unspecified atom stereocenters. The molecule has 10 aromatic carbocycles. The lowest BCUT2D eigenvalue weighted by Crippen LogP contribution is -2.54. The number of anilines is 2. The fourth-order valence-corrected chi connectivity index (χ4v) is 15.9. The van der Waals surface area contributed by atoms with Gasteiger partial charge in [0.1, 0.15) is 0 Å². The lowest BCUT2D eigenvalue weighted by atomic mass is 9.45. The zero-order valence-electron chi connectivity index (χ0n) is 45.6. The van der Waals surface area contributed by atoms with E-state index in [-0.39, 0.29) is 17.3 Å². The Morgan fingerprint density at radius 1 is 0.439 bits per heavy atom. The SMILES string of the molecule is C1=CCCC(n2c3cc(/C=C/c4ccc5cc(C6=CC7C(C=C6)C6(c8ccccc8-c8ccccc86)c6ccccc6C76c7ccccc7-c7ccccc76)ccc5c4)ccc3c3ccc(N(C4=CCCC=C4)c4ccccc4)cc32)=C1. The molecule has 6 aliphatic rings. The Labute approximate surface area is 479 Å². The summed E-state index contributed by atoms with van der Waals surface area (Å²) in [6.07, 6.45) is 30.2. The van der Waals surface area contributed by atoms with Crippen LogP contribution in [0.15, 0.2) is 285 Å². The second-order valence-electron chi connectivity index (χ2n) is 23.2. The van der Waals surface area contributed by atoms with Crippen LogP contribution in [0.25, 0.3) is 78.3 Å². The van der Waals surface area contributed by atoms with Gasteiger partial charge in [0.2, 0.25) is 0 Å². The molecule has 6 aliphatic carbocycles. The number of fused-ring (bicyclic) bond motifs is 20. The van der Waals surface area contributed by atoms with E-state index in [0.717, 1.165) is 37.1 Å². The van der Waals surface area contributed by atoms with E-state index in [1.807, 2.05) is 0 Å². The third-order valence-electron chi connectivity index (χ3n) is 19.2. The first-order chi connectivity index (χ1) is 40.7. The molecule has 17 rings (SSSR count). The lowest BCUT2D eigenvalue weighted by molar-refractivity contribution is 0.254. The van der Waals surface area contributed by atoms with Gasteiger partial charge in [-0.3, -0.25) is 0 Å². The summed E-state index contributed by atoms with van der Waals surface area (Å²) in [7, 11) is 0. The highest BCUT2D eigenvalue weighted by molar-refractivity contribution is 6.12. The van der Waals surface area contributed by atoms with E-state index in [4.69, 9.17) is 0 Å². The molecule has 0 bridgehead atoms. The van der Waals surface area contributed by atoms with Gasteiger partial charge in [0.15, 0.2) is 0 Å². The molecular weight excluding hydrogens is 989 g/mol. The van der Waals surface area contributed by atoms with Gasteiger partial charge in [-0.05, 0) is 169 Å². The minimum Gasteiger partial charge on any atom is -0.313 e. The van der Waals surface area contributed by atoms with Crippen molar-refractivity contribution in [1.29, 1.82) is 0 Å². The molecular formula is C80H58N2. The van der Waals surface area contributed by atoms with Crippen LogP contribution in [0.3, 0.4) is 0 Å². The standard InChI is InChI=1S/C80H58N2/c1-4-20-59(21-5-1)81(60-22-6-2-7-23-60)62-44-46-68-67-45-39-54(49-77(67)82(78(68)52-62)61-24-8-3-9-25-61)37-36-53-38-40-56-50-57(42-41-55(56)48-53)58-43-47-75-76(51-58)80(71-32-16-12-28-65(71)66-29-13-17-33-72(66)80)74-35-19-18-34-73(74)79(75)69-30-14-10-26-63(69)64-27-11-15-31-70(64)79/h1,3-6,8,10-24,26-52,75-76H,2,7,9,25H2/b37-36+. The summed E-state index contributed by atoms with van der Waals surface area (Å²) in [5, 5.41) is 5.01. The van der Waals surface area contributed by atoms with Crippen molar-refractivity contribution in [2.45, 2.75) is 36.5 Å². The number of hydrogen-bond donors (Lipinski definition) is 0. The number of aromatic nitrogens is 1. The Balaban J connectivity index is 0.751. The predicted molar refractivity (Wildman–Crippen MR) is 344 cm³/mol. The number of para-hydroxylation sites is 1. The summed E-state index contributed by atoms with van der Waals surface area (Å²) in [4.78, 5) is 2.41. The zero-order chi connectivity index (χ0) is 53.9. The Morgan fingerprint density at radius 2 is 1.00 bits per heavy atom. The third-order valence-corrected chi connectivity index (χ3v) is 19.2. The van der Waals surface area contributed by atoms with Crippen LogP contribution in [0.2, 0.25) is 0 Å². The molecule has 1 heterocycles. The highest BCUT2D eigenvalue weighted by Crippen LogP contribution is 2.70. The van der Waals surface area contributed by atoms with Crippen molar-refractivity contribution < 1.29 is 0 Å². The van der Waals surface area contributed by atoms with E-state index in [1.165, 1.54) is 122 Å². The quantitative estimate of drug-likeness (QED) is 0.144. The topological polar surface area (TPSA) is 8.17 Å². The van der Waals surface area contributed by atoms with Crippen molar-refractivity contribution in [1.82, 2.24) is 4.57 Å². The van der Waals surface area contributed by atoms with Gasteiger partial charge in [0.25, 0.3) is 0 Å². The van der Waals surface area contributed by atoms with E-state index in [9.17, 15) is 0 Å². The number of rotatable bonds is 7. The Bertz CT molecular complexity index is 4630. The maximum atomic E-state index is 2.69. The monoisotopic (exact) mass is 1050 g/mol. The van der Waals surface area contributed by atoms with Gasteiger partial charge in [-0.2, -0.15) is 0 Å². The molecule has 0 aliphatic heterocycles. The third kappa shape index (κ3) is 6.76. The van der Waals surface area contributed by atoms with E-state index in [1.54, 1.807) is 0 Å². The summed E-state index contributed by atoms with van der Waals surface area (Å²) >= 11 is 0. The number of allylic oxidation sites excluding steroid dienone is 11. The maximum Gasteiger partial charge on any atom is 0.0558 e. The maximum absolute atomic E-state index is 2.69. The molecule has 388 valence electrons. The molecule has 2 heteroatoms. The molecule has 0 radical (unpaired) electrons. The average molecular weight is 1050 g/mol. The lowest BCUT2D eigenvalue weighted by Gasteiger charge is -2.56. The van der Waals surface area contributed by atoms with Crippen LogP contribution in [0.4, 0.5) is 11.4 Å². The van der Waals surface area contributed by atoms with Crippen molar-refractivity contribution >= 4 is 67.4 Å². The van der Waals surface area contributed by atoms with Gasteiger partial charge in [-0.25, -0.2) is 0 Å². The largest absolute Gasteiger partial charge is 0.313 e. The highest BCUT2D eigenvalue weighted by Gasteiger charge is 2.64. The predicted octanol–water partition coefficient (Wildman–Crippen LogP) is 20.2. The normalized spacial score (nSPS) is 18.3. The summed E-state index contributed by atoms with van der Waals surface area (Å²) in [5.41, 5.74) is 25.3. The molecule has 82 heavy (non-hydrogen) atoms. The summed E-state index contributed by atoms with van der Waals surface area (Å²) in [6, 6.07) is 85.5. The molecule has 0 saturated carbocycles. The van der Waals surface area contributed by atoms with Crippen molar-refractivity contribution in [3.8, 4) is 22.3 Å². The average Bonchev–Trinajstić information content (AvgIpc) is 1.41. The van der Waals surface area contributed by atoms with Gasteiger partial charge < -0.3 is 9.47 Å². The van der Waals surface area contributed by atoms with Crippen LogP contribution < -0.4 is 4.90 Å². The first-order valence-corrected chi connectivity index (χ1v) is 29.4. The van der Waals surface area contributed by atoms with Crippen LogP contribution in [0, 0.1) is 11.8 Å². The second kappa shape index (κ2) is 18.4. The van der Waals surface area contributed by atoms with Crippen molar-refractivity contribution in [3.63, 3.8) is 0 Å². The van der Waals surface area contributed by atoms with E-state index in [0.29, 0.717) is 0 Å². The molecule has 11 aromatic rings. The Kier molecular flexibility index (Phi) is 10.6. The zero-order valence-corrected chi connectivity index (χ0v) is 45.6. The van der Waals surface area contributed by atoms with Crippen LogP contribution in [0.5, 0.6) is 0 Å². The van der Waals surface area contributed by atoms with E-state index >= 15 is 0 Å². The van der Waals surface area contributed by atoms with Gasteiger partial charge in [-0.1, -0.05) is 237 Å². The second-order valence-corrected chi connectivity index (χ2v) is 23.2. The summed E-state index contributed by atoms with van der Waals surface area (Å²) in [6.45, 7) is 0. The minimum absolute atomic E-state index is 0.0931. The fraction of sp³-hybridized carbons (Fsp3) is 0.100. The minimum atomic E-state index is -0.412. The van der Waals surface area contributed by atoms with Gasteiger partial charge in [0, 0.05) is 45.4 Å². The fourth-order valence-electron chi connectivity index (χ4n) is 15.9. The van der Waals surface area contributed by atoms with Gasteiger partial charge in [-0.15, -0.1) is 0 Å². The molecule has 2 atom stereocenters. The Hall–Kier alpha value is -9.76. The number of hydrogen-bond acceptors (Lipinski definition) is 1. The van der Waals surface area contributed by atoms with Crippen LogP contribution in [0.1, 0.15) is 75.8 Å². The molecule has 0 fully saturated rings. The number of benzene rings is 10. The molecule has 2 spiro atoms. The number of nitrogens with zero attached hydrogens (tertiary/aromatic N) is 2. The summed E-state index contributed by atoms with van der Waals surface area (Å²) in [5.74, 6) is 0.219. The van der Waals surface area contributed by atoms with Crippen molar-refractivity contribution in [3.05, 3.63) is 335 Å². The van der Waals surface area contributed by atoms with Crippen LogP contribution in [-0.2, 0) is 10.8 Å². The molecule has 0 saturated heterocycles. The van der Waals surface area contributed by atoms with Crippen molar-refractivity contribution in [2.75, 3.05) is 4.90 Å².